The quantitative estimate of drug-likeness (QED) is 0.245. The van der Waals surface area contributed by atoms with Crippen LogP contribution in [0.3, 0.4) is 0 Å². The van der Waals surface area contributed by atoms with Gasteiger partial charge in [-0.15, -0.1) is 0 Å². The predicted octanol–water partition coefficient (Wildman–Crippen LogP) is 9.60. The molecule has 6 aromatic rings. The maximum Gasteiger partial charge on any atom is 0.221 e. The lowest BCUT2D eigenvalue weighted by molar-refractivity contribution is -0.114. The lowest BCUT2D eigenvalue weighted by Gasteiger charge is -2.27. The average molecular weight is 505 g/mol. The minimum absolute atomic E-state index is 0.0675. The summed E-state index contributed by atoms with van der Waals surface area (Å²) in [5.41, 5.74) is 8.76. The van der Waals surface area contributed by atoms with E-state index in [9.17, 15) is 4.79 Å². The fourth-order valence-electron chi connectivity index (χ4n) is 5.01. The van der Waals surface area contributed by atoms with Crippen LogP contribution in [0.5, 0.6) is 0 Å². The molecule has 0 bridgehead atoms. The van der Waals surface area contributed by atoms with Gasteiger partial charge in [0, 0.05) is 29.4 Å². The molecule has 3 heteroatoms. The average Bonchev–Trinajstić information content (AvgIpc) is 2.99. The molecule has 0 aliphatic heterocycles. The second-order valence-corrected chi connectivity index (χ2v) is 9.55. The van der Waals surface area contributed by atoms with Crippen LogP contribution < -0.4 is 10.2 Å². The smallest absolute Gasteiger partial charge is 0.221 e. The Morgan fingerprint density at radius 1 is 0.513 bits per heavy atom. The second-order valence-electron chi connectivity index (χ2n) is 9.55. The molecule has 0 radical (unpaired) electrons. The van der Waals surface area contributed by atoms with Crippen LogP contribution in [0.2, 0.25) is 0 Å². The number of fused-ring (bicyclic) bond motifs is 1. The number of para-hydroxylation sites is 1. The van der Waals surface area contributed by atoms with Crippen molar-refractivity contribution in [1.82, 2.24) is 0 Å². The molecule has 1 amide bonds. The van der Waals surface area contributed by atoms with Crippen molar-refractivity contribution >= 4 is 39.4 Å². The summed E-state index contributed by atoms with van der Waals surface area (Å²) < 4.78 is 0. The number of benzene rings is 6. The highest BCUT2D eigenvalue weighted by molar-refractivity contribution is 5.99. The van der Waals surface area contributed by atoms with Gasteiger partial charge < -0.3 is 10.2 Å². The van der Waals surface area contributed by atoms with Crippen LogP contribution in [-0.2, 0) is 4.79 Å². The van der Waals surface area contributed by atoms with Gasteiger partial charge in [0.05, 0.1) is 5.69 Å². The number of amides is 1. The van der Waals surface area contributed by atoms with Crippen LogP contribution in [0.25, 0.3) is 33.0 Å². The fourth-order valence-corrected chi connectivity index (χ4v) is 5.01. The van der Waals surface area contributed by atoms with Crippen molar-refractivity contribution in [1.29, 1.82) is 0 Å². The number of anilines is 4. The highest BCUT2D eigenvalue weighted by Gasteiger charge is 2.15. The first-order valence-corrected chi connectivity index (χ1v) is 13.1. The molecule has 3 nitrogen and oxygen atoms in total. The lowest BCUT2D eigenvalue weighted by Crippen LogP contribution is -2.10. The van der Waals surface area contributed by atoms with Gasteiger partial charge in [-0.1, -0.05) is 103 Å². The lowest BCUT2D eigenvalue weighted by atomic mass is 9.99. The van der Waals surface area contributed by atoms with E-state index in [0.717, 1.165) is 45.0 Å². The summed E-state index contributed by atoms with van der Waals surface area (Å²) in [7, 11) is 0. The van der Waals surface area contributed by atoms with Gasteiger partial charge in [0.15, 0.2) is 0 Å². The van der Waals surface area contributed by atoms with Gasteiger partial charge in [0.2, 0.25) is 5.91 Å². The summed E-state index contributed by atoms with van der Waals surface area (Å²) in [6.07, 6.45) is 0. The summed E-state index contributed by atoms with van der Waals surface area (Å²) in [6.45, 7) is 1.52. The zero-order valence-electron chi connectivity index (χ0n) is 21.7. The minimum atomic E-state index is -0.0675. The molecule has 0 aliphatic rings. The van der Waals surface area contributed by atoms with Crippen LogP contribution in [0.15, 0.2) is 146 Å². The number of carbonyl (C=O) groups excluding carboxylic acids is 1. The third-order valence-electron chi connectivity index (χ3n) is 6.90. The van der Waals surface area contributed by atoms with Crippen molar-refractivity contribution in [3.8, 4) is 22.3 Å². The molecule has 0 aromatic heterocycles. The van der Waals surface area contributed by atoms with Crippen molar-refractivity contribution in [3.63, 3.8) is 0 Å². The molecule has 0 unspecified atom stereocenters. The number of hydrogen-bond acceptors (Lipinski definition) is 2. The van der Waals surface area contributed by atoms with E-state index in [0.29, 0.717) is 0 Å². The van der Waals surface area contributed by atoms with Crippen molar-refractivity contribution in [2.24, 2.45) is 0 Å². The Morgan fingerprint density at radius 3 is 1.62 bits per heavy atom. The Balaban J connectivity index is 1.30. The molecule has 0 heterocycles. The van der Waals surface area contributed by atoms with Crippen LogP contribution in [0.1, 0.15) is 6.92 Å². The van der Waals surface area contributed by atoms with Crippen LogP contribution in [-0.4, -0.2) is 5.91 Å². The normalized spacial score (nSPS) is 10.8. The standard InChI is InChI=1S/C36H28N2O/c1-26(39)37-32-22-18-29(19-23-32)27-14-16-28(17-15-27)30-20-24-34(25-21-30)38(33-10-3-2-4-11-33)36-13-7-9-31-8-5-6-12-35(31)36/h2-25H,1H3,(H,37,39). The SMILES string of the molecule is CC(=O)Nc1ccc(-c2ccc(-c3ccc(N(c4ccccc4)c4cccc5ccccc45)cc3)cc2)cc1. The molecular formula is C36H28N2O. The van der Waals surface area contributed by atoms with Crippen LogP contribution >= 0.6 is 0 Å². The van der Waals surface area contributed by atoms with E-state index in [2.05, 4.69) is 132 Å². The van der Waals surface area contributed by atoms with Crippen molar-refractivity contribution in [3.05, 3.63) is 146 Å². The van der Waals surface area contributed by atoms with E-state index in [1.807, 2.05) is 24.3 Å². The summed E-state index contributed by atoms with van der Waals surface area (Å²) in [5, 5.41) is 5.25. The molecule has 6 aromatic carbocycles. The topological polar surface area (TPSA) is 32.3 Å². The summed E-state index contributed by atoms with van der Waals surface area (Å²) in [5.74, 6) is -0.0675. The van der Waals surface area contributed by atoms with Gasteiger partial charge >= 0.3 is 0 Å². The first-order valence-electron chi connectivity index (χ1n) is 13.1. The monoisotopic (exact) mass is 504 g/mol. The highest BCUT2D eigenvalue weighted by atomic mass is 16.1. The van der Waals surface area contributed by atoms with Crippen molar-refractivity contribution in [2.45, 2.75) is 6.92 Å². The minimum Gasteiger partial charge on any atom is -0.326 e. The maximum atomic E-state index is 11.3. The predicted molar refractivity (Wildman–Crippen MR) is 164 cm³/mol. The number of nitrogens with zero attached hydrogens (tertiary/aromatic N) is 1. The first kappa shape index (κ1) is 24.2. The van der Waals surface area contributed by atoms with Gasteiger partial charge in [-0.2, -0.15) is 0 Å². The fraction of sp³-hybridized carbons (Fsp3) is 0.0278. The van der Waals surface area contributed by atoms with Crippen molar-refractivity contribution in [2.75, 3.05) is 10.2 Å². The molecule has 0 atom stereocenters. The Morgan fingerprint density at radius 2 is 1.00 bits per heavy atom. The van der Waals surface area contributed by atoms with E-state index < -0.39 is 0 Å². The van der Waals surface area contributed by atoms with Crippen molar-refractivity contribution < 1.29 is 4.79 Å². The number of hydrogen-bond donors (Lipinski definition) is 1. The van der Waals surface area contributed by atoms with Gasteiger partial charge in [-0.25, -0.2) is 0 Å². The van der Waals surface area contributed by atoms with Gasteiger partial charge in [-0.3, -0.25) is 4.79 Å². The Kier molecular flexibility index (Phi) is 6.63. The van der Waals surface area contributed by atoms with E-state index >= 15 is 0 Å². The van der Waals surface area contributed by atoms with Gasteiger partial charge in [0.25, 0.3) is 0 Å². The first-order chi connectivity index (χ1) is 19.2. The Hall–Kier alpha value is -5.15. The Labute approximate surface area is 229 Å². The summed E-state index contributed by atoms with van der Waals surface area (Å²) in [4.78, 5) is 13.6. The molecule has 0 saturated carbocycles. The van der Waals surface area contributed by atoms with E-state index in [4.69, 9.17) is 0 Å². The zero-order chi connectivity index (χ0) is 26.6. The molecular weight excluding hydrogens is 476 g/mol. The molecule has 1 N–H and O–H groups in total. The van der Waals surface area contributed by atoms with Gasteiger partial charge in [-0.05, 0) is 70.1 Å². The van der Waals surface area contributed by atoms with Crippen LogP contribution in [0, 0.1) is 0 Å². The summed E-state index contributed by atoms with van der Waals surface area (Å²) >= 11 is 0. The van der Waals surface area contributed by atoms with E-state index in [1.54, 1.807) is 0 Å². The van der Waals surface area contributed by atoms with E-state index in [1.165, 1.54) is 17.7 Å². The second kappa shape index (κ2) is 10.7. The highest BCUT2D eigenvalue weighted by Crippen LogP contribution is 2.39. The molecule has 0 spiro atoms. The molecule has 0 saturated heterocycles. The molecule has 188 valence electrons. The third kappa shape index (κ3) is 5.16. The summed E-state index contributed by atoms with van der Waals surface area (Å²) in [6, 6.07) is 50.8. The number of rotatable bonds is 6. The zero-order valence-corrected chi connectivity index (χ0v) is 21.7. The number of nitrogens with one attached hydrogen (secondary N) is 1. The molecule has 0 fully saturated rings. The number of carbonyl (C=O) groups is 1. The molecule has 39 heavy (non-hydrogen) atoms. The molecule has 6 rings (SSSR count). The third-order valence-corrected chi connectivity index (χ3v) is 6.90. The maximum absolute atomic E-state index is 11.3. The van der Waals surface area contributed by atoms with Crippen LogP contribution in [0.4, 0.5) is 22.7 Å². The van der Waals surface area contributed by atoms with Gasteiger partial charge in [0.1, 0.15) is 0 Å². The van der Waals surface area contributed by atoms with E-state index in [-0.39, 0.29) is 5.91 Å². The molecule has 0 aliphatic carbocycles. The Bertz CT molecular complexity index is 1720. The largest absolute Gasteiger partial charge is 0.326 e.